The van der Waals surface area contributed by atoms with Crippen molar-refractivity contribution >= 4 is 17.1 Å². The fourth-order valence-electron chi connectivity index (χ4n) is 2.45. The summed E-state index contributed by atoms with van der Waals surface area (Å²) >= 11 is 0. The highest BCUT2D eigenvalue weighted by atomic mass is 16.5. The molecule has 9 heteroatoms. The van der Waals surface area contributed by atoms with E-state index in [1.165, 1.54) is 4.57 Å². The Morgan fingerprint density at radius 1 is 1.24 bits per heavy atom. The number of nitrogens with zero attached hydrogens (tertiary/aromatic N) is 3. The van der Waals surface area contributed by atoms with Gasteiger partial charge in [-0.25, -0.2) is 4.79 Å². The number of nitrogens with one attached hydrogen (secondary N) is 3. The number of aromatic nitrogens is 4. The Hall–Kier alpha value is -2.13. The first-order chi connectivity index (χ1) is 10.2. The van der Waals surface area contributed by atoms with Crippen LogP contribution in [0.2, 0.25) is 0 Å². The SMILES string of the molecule is COCCn1c(=O)[nH]c(=O)c2[nH]c(N3CCNCC3)nc21. The third-order valence-corrected chi connectivity index (χ3v) is 3.56. The highest BCUT2D eigenvalue weighted by Crippen LogP contribution is 2.14. The molecule has 3 heterocycles. The molecule has 3 N–H and O–H groups in total. The molecule has 1 saturated heterocycles. The topological polar surface area (TPSA) is 108 Å². The van der Waals surface area contributed by atoms with Gasteiger partial charge in [0.15, 0.2) is 11.2 Å². The molecule has 0 bridgehead atoms. The molecule has 0 aliphatic carbocycles. The van der Waals surface area contributed by atoms with Crippen LogP contribution in [0.5, 0.6) is 0 Å². The van der Waals surface area contributed by atoms with E-state index in [4.69, 9.17) is 4.74 Å². The van der Waals surface area contributed by atoms with Crippen LogP contribution in [-0.2, 0) is 11.3 Å². The smallest absolute Gasteiger partial charge is 0.330 e. The summed E-state index contributed by atoms with van der Waals surface area (Å²) < 4.78 is 6.41. The van der Waals surface area contributed by atoms with Crippen LogP contribution in [0, 0.1) is 0 Å². The van der Waals surface area contributed by atoms with Gasteiger partial charge in [-0.15, -0.1) is 0 Å². The molecule has 0 spiro atoms. The van der Waals surface area contributed by atoms with Crippen molar-refractivity contribution in [3.05, 3.63) is 20.8 Å². The van der Waals surface area contributed by atoms with Gasteiger partial charge in [0.1, 0.15) is 0 Å². The van der Waals surface area contributed by atoms with Gasteiger partial charge in [-0.1, -0.05) is 0 Å². The molecule has 1 aliphatic rings. The van der Waals surface area contributed by atoms with Gasteiger partial charge in [-0.2, -0.15) is 4.98 Å². The van der Waals surface area contributed by atoms with Gasteiger partial charge in [0, 0.05) is 33.3 Å². The normalized spacial score (nSPS) is 15.8. The molecule has 114 valence electrons. The van der Waals surface area contributed by atoms with E-state index in [-0.39, 0.29) is 0 Å². The highest BCUT2D eigenvalue weighted by molar-refractivity contribution is 5.72. The molecule has 0 aromatic carbocycles. The minimum absolute atomic E-state index is 0.319. The summed E-state index contributed by atoms with van der Waals surface area (Å²) in [5.41, 5.74) is -0.228. The molecule has 0 atom stereocenters. The van der Waals surface area contributed by atoms with Crippen molar-refractivity contribution in [3.8, 4) is 0 Å². The van der Waals surface area contributed by atoms with Crippen molar-refractivity contribution in [2.45, 2.75) is 6.54 Å². The average molecular weight is 294 g/mol. The van der Waals surface area contributed by atoms with Crippen LogP contribution in [-0.4, -0.2) is 59.4 Å². The van der Waals surface area contributed by atoms with E-state index in [1.54, 1.807) is 7.11 Å². The van der Waals surface area contributed by atoms with Crippen LogP contribution in [0.4, 0.5) is 5.95 Å². The minimum Gasteiger partial charge on any atom is -0.383 e. The van der Waals surface area contributed by atoms with Crippen molar-refractivity contribution < 1.29 is 4.74 Å². The molecule has 9 nitrogen and oxygen atoms in total. The average Bonchev–Trinajstić information content (AvgIpc) is 2.93. The fourth-order valence-corrected chi connectivity index (χ4v) is 2.45. The van der Waals surface area contributed by atoms with Crippen LogP contribution in [0.15, 0.2) is 9.59 Å². The molecule has 2 aromatic heterocycles. The number of piperazine rings is 1. The van der Waals surface area contributed by atoms with Crippen LogP contribution in [0.1, 0.15) is 0 Å². The maximum atomic E-state index is 11.9. The summed E-state index contributed by atoms with van der Waals surface area (Å²) in [6.07, 6.45) is 0. The Morgan fingerprint density at radius 2 is 2.00 bits per heavy atom. The van der Waals surface area contributed by atoms with E-state index in [1.807, 2.05) is 0 Å². The quantitative estimate of drug-likeness (QED) is 0.631. The Morgan fingerprint density at radius 3 is 2.71 bits per heavy atom. The second kappa shape index (κ2) is 5.70. The maximum Gasteiger partial charge on any atom is 0.330 e. The summed E-state index contributed by atoms with van der Waals surface area (Å²) in [4.78, 5) is 35.7. The van der Waals surface area contributed by atoms with Crippen molar-refractivity contribution in [1.29, 1.82) is 0 Å². The van der Waals surface area contributed by atoms with E-state index in [2.05, 4.69) is 25.2 Å². The third-order valence-electron chi connectivity index (χ3n) is 3.56. The summed E-state index contributed by atoms with van der Waals surface area (Å²) in [5.74, 6) is 0.619. The predicted molar refractivity (Wildman–Crippen MR) is 77.9 cm³/mol. The number of hydrogen-bond donors (Lipinski definition) is 3. The lowest BCUT2D eigenvalue weighted by molar-refractivity contribution is 0.187. The zero-order valence-electron chi connectivity index (χ0n) is 11.8. The van der Waals surface area contributed by atoms with Gasteiger partial charge in [-0.05, 0) is 0 Å². The number of aromatic amines is 2. The lowest BCUT2D eigenvalue weighted by Gasteiger charge is -2.26. The van der Waals surface area contributed by atoms with E-state index < -0.39 is 11.2 Å². The molecule has 0 saturated carbocycles. The van der Waals surface area contributed by atoms with Crippen LogP contribution in [0.25, 0.3) is 11.2 Å². The molecule has 0 amide bonds. The number of fused-ring (bicyclic) bond motifs is 1. The first kappa shape index (κ1) is 13.8. The number of imidazole rings is 1. The second-order valence-electron chi connectivity index (χ2n) is 4.90. The molecule has 3 rings (SSSR count). The Bertz CT molecular complexity index is 740. The van der Waals surface area contributed by atoms with Crippen LogP contribution >= 0.6 is 0 Å². The Balaban J connectivity index is 2.08. The minimum atomic E-state index is -0.470. The first-order valence-corrected chi connectivity index (χ1v) is 6.88. The first-order valence-electron chi connectivity index (χ1n) is 6.88. The summed E-state index contributed by atoms with van der Waals surface area (Å²) in [6, 6.07) is 0. The molecule has 1 aliphatic heterocycles. The fraction of sp³-hybridized carbons (Fsp3) is 0.583. The molecule has 0 radical (unpaired) electrons. The van der Waals surface area contributed by atoms with E-state index >= 15 is 0 Å². The highest BCUT2D eigenvalue weighted by Gasteiger charge is 2.18. The summed E-state index contributed by atoms with van der Waals surface area (Å²) in [7, 11) is 1.56. The molecular weight excluding hydrogens is 276 g/mol. The second-order valence-corrected chi connectivity index (χ2v) is 4.90. The predicted octanol–water partition coefficient (Wildman–Crippen LogP) is -1.53. The van der Waals surface area contributed by atoms with E-state index in [9.17, 15) is 9.59 Å². The largest absolute Gasteiger partial charge is 0.383 e. The Labute approximate surface area is 119 Å². The molecule has 0 unspecified atom stereocenters. The molecular formula is C12H18N6O3. The van der Waals surface area contributed by atoms with Gasteiger partial charge >= 0.3 is 5.69 Å². The number of ether oxygens (including phenoxy) is 1. The zero-order valence-corrected chi connectivity index (χ0v) is 11.8. The van der Waals surface area contributed by atoms with Crippen LogP contribution in [0.3, 0.4) is 0 Å². The lowest BCUT2D eigenvalue weighted by Crippen LogP contribution is -2.44. The number of methoxy groups -OCH3 is 1. The van der Waals surface area contributed by atoms with Gasteiger partial charge < -0.3 is 19.9 Å². The summed E-state index contributed by atoms with van der Waals surface area (Å²) in [5, 5.41) is 3.26. The molecule has 2 aromatic rings. The van der Waals surface area contributed by atoms with Crippen molar-refractivity contribution in [2.24, 2.45) is 0 Å². The van der Waals surface area contributed by atoms with Gasteiger partial charge in [0.2, 0.25) is 5.95 Å². The van der Waals surface area contributed by atoms with Crippen LogP contribution < -0.4 is 21.5 Å². The monoisotopic (exact) mass is 294 g/mol. The van der Waals surface area contributed by atoms with Crippen molar-refractivity contribution in [1.82, 2.24) is 24.8 Å². The number of rotatable bonds is 4. The zero-order chi connectivity index (χ0) is 14.8. The maximum absolute atomic E-state index is 11.9. The lowest BCUT2D eigenvalue weighted by atomic mass is 10.4. The van der Waals surface area contributed by atoms with Gasteiger partial charge in [-0.3, -0.25) is 14.3 Å². The van der Waals surface area contributed by atoms with E-state index in [0.29, 0.717) is 30.3 Å². The van der Waals surface area contributed by atoms with Crippen molar-refractivity contribution in [3.63, 3.8) is 0 Å². The van der Waals surface area contributed by atoms with Gasteiger partial charge in [0.25, 0.3) is 5.56 Å². The van der Waals surface area contributed by atoms with Gasteiger partial charge in [0.05, 0.1) is 13.2 Å². The van der Waals surface area contributed by atoms with E-state index in [0.717, 1.165) is 26.2 Å². The molecule has 21 heavy (non-hydrogen) atoms. The third kappa shape index (κ3) is 2.57. The Kier molecular flexibility index (Phi) is 3.76. The number of H-pyrrole nitrogens is 2. The number of hydrogen-bond acceptors (Lipinski definition) is 6. The van der Waals surface area contributed by atoms with Crippen molar-refractivity contribution in [2.75, 3.05) is 44.8 Å². The number of anilines is 1. The molecule has 1 fully saturated rings. The standard InChI is InChI=1S/C12H18N6O3/c1-21-7-6-18-9-8(10(19)16-12(18)20)14-11(15-9)17-4-2-13-3-5-17/h13H,2-7H2,1H3,(H,14,15)(H,16,19,20). The summed E-state index contributed by atoms with van der Waals surface area (Å²) in [6.45, 7) is 4.05.